The first-order chi connectivity index (χ1) is 12.8. The normalized spacial score (nSPS) is 22.5. The molecule has 3 fully saturated rings. The van der Waals surface area contributed by atoms with Gasteiger partial charge in [-0.1, -0.05) is 0 Å². The molecule has 3 saturated heterocycles. The Bertz CT molecular complexity index is 588. The lowest BCUT2D eigenvalue weighted by Gasteiger charge is -2.36. The van der Waals surface area contributed by atoms with Gasteiger partial charge in [-0.2, -0.15) is 0 Å². The highest BCUT2D eigenvalue weighted by Crippen LogP contribution is 2.25. The number of aromatic nitrogens is 2. The monoisotopic (exact) mass is 359 g/mol. The van der Waals surface area contributed by atoms with Gasteiger partial charge in [0.05, 0.1) is 31.3 Å². The van der Waals surface area contributed by atoms with Crippen LogP contribution in [-0.4, -0.2) is 73.3 Å². The van der Waals surface area contributed by atoms with Crippen LogP contribution in [0.3, 0.4) is 0 Å². The molecule has 142 valence electrons. The van der Waals surface area contributed by atoms with Crippen LogP contribution in [-0.2, 0) is 9.53 Å². The van der Waals surface area contributed by atoms with Gasteiger partial charge < -0.3 is 19.4 Å². The summed E-state index contributed by atoms with van der Waals surface area (Å²) < 4.78 is 5.35. The first-order valence-electron chi connectivity index (χ1n) is 10.00. The Kier molecular flexibility index (Phi) is 5.53. The minimum absolute atomic E-state index is 0.151. The summed E-state index contributed by atoms with van der Waals surface area (Å²) >= 11 is 0. The van der Waals surface area contributed by atoms with E-state index in [1.165, 1.54) is 19.3 Å². The molecular weight excluding hydrogens is 330 g/mol. The van der Waals surface area contributed by atoms with Crippen molar-refractivity contribution in [2.75, 3.05) is 62.3 Å². The van der Waals surface area contributed by atoms with Crippen molar-refractivity contribution < 1.29 is 9.53 Å². The molecule has 0 aliphatic carbocycles. The van der Waals surface area contributed by atoms with E-state index < -0.39 is 0 Å². The van der Waals surface area contributed by atoms with Crippen LogP contribution in [0.15, 0.2) is 12.4 Å². The molecule has 0 atom stereocenters. The molecule has 7 nitrogen and oxygen atoms in total. The Hall–Kier alpha value is -1.89. The number of hydrogen-bond acceptors (Lipinski definition) is 6. The van der Waals surface area contributed by atoms with Crippen LogP contribution in [0.4, 0.5) is 11.6 Å². The minimum atomic E-state index is 0.151. The Morgan fingerprint density at radius 3 is 2.19 bits per heavy atom. The van der Waals surface area contributed by atoms with Gasteiger partial charge >= 0.3 is 0 Å². The van der Waals surface area contributed by atoms with E-state index in [0.717, 1.165) is 63.7 Å². The summed E-state index contributed by atoms with van der Waals surface area (Å²) in [5.74, 6) is 1.31. The molecule has 7 heteroatoms. The maximum absolute atomic E-state index is 12.6. The van der Waals surface area contributed by atoms with Gasteiger partial charge in [-0.3, -0.25) is 4.79 Å². The number of nitrogens with zero attached hydrogens (tertiary/aromatic N) is 5. The van der Waals surface area contributed by atoms with E-state index in [1.54, 1.807) is 0 Å². The van der Waals surface area contributed by atoms with Crippen molar-refractivity contribution >= 4 is 17.5 Å². The fourth-order valence-electron chi connectivity index (χ4n) is 4.16. The van der Waals surface area contributed by atoms with Crippen molar-refractivity contribution in [3.05, 3.63) is 12.4 Å². The van der Waals surface area contributed by atoms with E-state index in [4.69, 9.17) is 4.74 Å². The highest BCUT2D eigenvalue weighted by Gasteiger charge is 2.29. The average Bonchev–Trinajstić information content (AvgIpc) is 2.75. The summed E-state index contributed by atoms with van der Waals surface area (Å²) in [4.78, 5) is 28.4. The second-order valence-corrected chi connectivity index (χ2v) is 7.49. The van der Waals surface area contributed by atoms with Crippen LogP contribution < -0.4 is 9.80 Å². The van der Waals surface area contributed by atoms with Crippen LogP contribution in [0.2, 0.25) is 0 Å². The van der Waals surface area contributed by atoms with Gasteiger partial charge in [-0.05, 0) is 32.1 Å². The Morgan fingerprint density at radius 2 is 1.54 bits per heavy atom. The number of rotatable bonds is 3. The van der Waals surface area contributed by atoms with Crippen LogP contribution in [0.1, 0.15) is 32.1 Å². The highest BCUT2D eigenvalue weighted by atomic mass is 16.5. The zero-order valence-electron chi connectivity index (χ0n) is 15.5. The number of carbonyl (C=O) groups is 1. The summed E-state index contributed by atoms with van der Waals surface area (Å²) in [6, 6.07) is 0. The fourth-order valence-corrected chi connectivity index (χ4v) is 4.16. The van der Waals surface area contributed by atoms with Gasteiger partial charge in [0.25, 0.3) is 0 Å². The lowest BCUT2D eigenvalue weighted by molar-refractivity contribution is -0.140. The third-order valence-electron chi connectivity index (χ3n) is 5.80. The second kappa shape index (κ2) is 8.20. The Morgan fingerprint density at radius 1 is 0.885 bits per heavy atom. The lowest BCUT2D eigenvalue weighted by atomic mass is 9.95. The SMILES string of the molecule is O=C(C1CCN(c2cnc(N3CCCCC3)nc2)CC1)N1CCOCC1. The molecule has 0 unspecified atom stereocenters. The Labute approximate surface area is 155 Å². The second-order valence-electron chi connectivity index (χ2n) is 7.49. The van der Waals surface area contributed by atoms with E-state index in [0.29, 0.717) is 19.1 Å². The molecule has 0 radical (unpaired) electrons. The van der Waals surface area contributed by atoms with E-state index in [1.807, 2.05) is 17.3 Å². The van der Waals surface area contributed by atoms with Crippen LogP contribution >= 0.6 is 0 Å². The van der Waals surface area contributed by atoms with Crippen molar-refractivity contribution in [3.8, 4) is 0 Å². The molecule has 3 aliphatic heterocycles. The molecule has 1 amide bonds. The quantitative estimate of drug-likeness (QED) is 0.816. The number of hydrogen-bond donors (Lipinski definition) is 0. The third kappa shape index (κ3) is 3.92. The fraction of sp³-hybridized carbons (Fsp3) is 0.737. The van der Waals surface area contributed by atoms with Crippen LogP contribution in [0.5, 0.6) is 0 Å². The molecule has 26 heavy (non-hydrogen) atoms. The molecule has 0 spiro atoms. The van der Waals surface area contributed by atoms with Crippen LogP contribution in [0, 0.1) is 5.92 Å². The van der Waals surface area contributed by atoms with Crippen molar-refractivity contribution in [1.82, 2.24) is 14.9 Å². The van der Waals surface area contributed by atoms with E-state index in [2.05, 4.69) is 19.8 Å². The van der Waals surface area contributed by atoms with Crippen molar-refractivity contribution in [2.45, 2.75) is 32.1 Å². The van der Waals surface area contributed by atoms with Gasteiger partial charge in [0, 0.05) is 45.2 Å². The maximum Gasteiger partial charge on any atom is 0.225 e. The smallest absolute Gasteiger partial charge is 0.225 e. The molecule has 0 aromatic carbocycles. The Balaban J connectivity index is 1.30. The standard InChI is InChI=1S/C19H29N5O2/c25-18(23-10-12-26-13-11-23)16-4-8-22(9-5-16)17-14-20-19(21-15-17)24-6-2-1-3-7-24/h14-16H,1-13H2. The summed E-state index contributed by atoms with van der Waals surface area (Å²) in [5, 5.41) is 0. The largest absolute Gasteiger partial charge is 0.378 e. The summed E-state index contributed by atoms with van der Waals surface area (Å²) in [5.41, 5.74) is 1.07. The number of anilines is 2. The van der Waals surface area contributed by atoms with Gasteiger partial charge in [-0.15, -0.1) is 0 Å². The topological polar surface area (TPSA) is 61.8 Å². The van der Waals surface area contributed by atoms with Gasteiger partial charge in [0.2, 0.25) is 11.9 Å². The third-order valence-corrected chi connectivity index (χ3v) is 5.80. The summed E-state index contributed by atoms with van der Waals surface area (Å²) in [6.45, 7) is 6.75. The van der Waals surface area contributed by atoms with E-state index in [-0.39, 0.29) is 5.92 Å². The molecule has 4 heterocycles. The molecule has 0 saturated carbocycles. The number of morpholine rings is 1. The van der Waals surface area contributed by atoms with Gasteiger partial charge in [-0.25, -0.2) is 9.97 Å². The number of amides is 1. The predicted octanol–water partition coefficient (Wildman–Crippen LogP) is 1.54. The maximum atomic E-state index is 12.6. The first-order valence-corrected chi connectivity index (χ1v) is 10.00. The predicted molar refractivity (Wildman–Crippen MR) is 100 cm³/mol. The zero-order chi connectivity index (χ0) is 17.8. The highest BCUT2D eigenvalue weighted by molar-refractivity contribution is 5.79. The number of carbonyl (C=O) groups excluding carboxylic acids is 1. The summed E-state index contributed by atoms with van der Waals surface area (Å²) in [7, 11) is 0. The molecule has 1 aromatic heterocycles. The van der Waals surface area contributed by atoms with E-state index >= 15 is 0 Å². The van der Waals surface area contributed by atoms with Gasteiger partial charge in [0.1, 0.15) is 0 Å². The molecule has 0 bridgehead atoms. The number of ether oxygens (including phenoxy) is 1. The average molecular weight is 359 g/mol. The molecule has 1 aromatic rings. The lowest BCUT2D eigenvalue weighted by Crippen LogP contribution is -2.46. The molecule has 0 N–H and O–H groups in total. The summed E-state index contributed by atoms with van der Waals surface area (Å²) in [6.07, 6.45) is 9.48. The first kappa shape index (κ1) is 17.5. The van der Waals surface area contributed by atoms with Crippen LogP contribution in [0.25, 0.3) is 0 Å². The van der Waals surface area contributed by atoms with Crippen molar-refractivity contribution in [1.29, 1.82) is 0 Å². The zero-order valence-corrected chi connectivity index (χ0v) is 15.5. The molecular formula is C19H29N5O2. The van der Waals surface area contributed by atoms with E-state index in [9.17, 15) is 4.79 Å². The van der Waals surface area contributed by atoms with Crippen molar-refractivity contribution in [2.24, 2.45) is 5.92 Å². The number of piperidine rings is 2. The van der Waals surface area contributed by atoms with Crippen molar-refractivity contribution in [3.63, 3.8) is 0 Å². The van der Waals surface area contributed by atoms with Gasteiger partial charge in [0.15, 0.2) is 0 Å². The minimum Gasteiger partial charge on any atom is -0.378 e. The molecule has 4 rings (SSSR count). The molecule has 3 aliphatic rings.